The molecule has 0 saturated heterocycles. The van der Waals surface area contributed by atoms with E-state index >= 15 is 0 Å². The first kappa shape index (κ1) is 14.5. The maximum Gasteiger partial charge on any atom is 0.231 e. The van der Waals surface area contributed by atoms with Crippen LogP contribution in [0.1, 0.15) is 27.7 Å². The zero-order valence-electron chi connectivity index (χ0n) is 8.60. The minimum Gasteiger partial charge on any atom is -0.475 e. The molecular weight excluding hydrogens is 256 g/mol. The van der Waals surface area contributed by atoms with E-state index in [-0.39, 0.29) is 12.2 Å². The van der Waals surface area contributed by atoms with Crippen LogP contribution in [0.2, 0.25) is 0 Å². The van der Waals surface area contributed by atoms with Crippen molar-refractivity contribution in [3.05, 3.63) is 0 Å². The smallest absolute Gasteiger partial charge is 0.231 e. The Bertz CT molecular complexity index is 182. The standard InChI is InChI=1S/C8H14O2S4/c1-5(2)9-7(11)13-14-8(12)10-6(3)4/h5-6H,1-4H3. The van der Waals surface area contributed by atoms with Crippen LogP contribution in [0.25, 0.3) is 0 Å². The van der Waals surface area contributed by atoms with Crippen LogP contribution in [0.3, 0.4) is 0 Å². The Balaban J connectivity index is 3.61. The van der Waals surface area contributed by atoms with Gasteiger partial charge < -0.3 is 9.47 Å². The van der Waals surface area contributed by atoms with Gasteiger partial charge in [-0.15, -0.1) is 0 Å². The largest absolute Gasteiger partial charge is 0.475 e. The molecule has 6 heteroatoms. The molecule has 0 saturated carbocycles. The monoisotopic (exact) mass is 270 g/mol. The van der Waals surface area contributed by atoms with Gasteiger partial charge in [0.1, 0.15) is 0 Å². The second-order valence-electron chi connectivity index (χ2n) is 3.00. The van der Waals surface area contributed by atoms with Crippen LogP contribution in [0.4, 0.5) is 0 Å². The molecule has 2 nitrogen and oxygen atoms in total. The number of hydrogen-bond donors (Lipinski definition) is 0. The van der Waals surface area contributed by atoms with Crippen molar-refractivity contribution in [1.82, 2.24) is 0 Å². The van der Waals surface area contributed by atoms with Gasteiger partial charge in [0.15, 0.2) is 0 Å². The molecule has 0 atom stereocenters. The molecule has 0 aromatic rings. The predicted molar refractivity (Wildman–Crippen MR) is 72.8 cm³/mol. The molecule has 0 aromatic heterocycles. The Morgan fingerprint density at radius 2 is 1.14 bits per heavy atom. The summed E-state index contributed by atoms with van der Waals surface area (Å²) >= 11 is 9.93. The molecule has 0 aliphatic heterocycles. The summed E-state index contributed by atoms with van der Waals surface area (Å²) in [4.78, 5) is 0. The van der Waals surface area contributed by atoms with Crippen LogP contribution >= 0.6 is 46.0 Å². The van der Waals surface area contributed by atoms with Gasteiger partial charge in [-0.1, -0.05) is 0 Å². The summed E-state index contributed by atoms with van der Waals surface area (Å²) in [5.74, 6) is 0. The van der Waals surface area contributed by atoms with E-state index in [2.05, 4.69) is 0 Å². The fourth-order valence-corrected chi connectivity index (χ4v) is 2.73. The maximum atomic E-state index is 5.26. The van der Waals surface area contributed by atoms with Crippen molar-refractivity contribution >= 4 is 54.8 Å². The molecule has 0 bridgehead atoms. The topological polar surface area (TPSA) is 18.5 Å². The molecule has 0 aliphatic carbocycles. The summed E-state index contributed by atoms with van der Waals surface area (Å²) in [5.41, 5.74) is 0. The highest BCUT2D eigenvalue weighted by atomic mass is 33.1. The summed E-state index contributed by atoms with van der Waals surface area (Å²) in [5, 5.41) is 0. The fraction of sp³-hybridized carbons (Fsp3) is 0.750. The molecule has 0 aromatic carbocycles. The van der Waals surface area contributed by atoms with Crippen LogP contribution < -0.4 is 0 Å². The van der Waals surface area contributed by atoms with E-state index in [1.807, 2.05) is 27.7 Å². The van der Waals surface area contributed by atoms with E-state index in [0.717, 1.165) is 0 Å². The van der Waals surface area contributed by atoms with Gasteiger partial charge in [-0.2, -0.15) is 0 Å². The Morgan fingerprint density at radius 1 is 0.857 bits per heavy atom. The van der Waals surface area contributed by atoms with E-state index in [9.17, 15) is 0 Å². The maximum absolute atomic E-state index is 5.26. The Hall–Kier alpha value is 0.480. The van der Waals surface area contributed by atoms with E-state index in [0.29, 0.717) is 8.77 Å². The van der Waals surface area contributed by atoms with E-state index < -0.39 is 0 Å². The fourth-order valence-electron chi connectivity index (χ4n) is 0.492. The molecule has 0 unspecified atom stereocenters. The van der Waals surface area contributed by atoms with Crippen molar-refractivity contribution in [2.24, 2.45) is 0 Å². The van der Waals surface area contributed by atoms with Gasteiger partial charge in [0, 0.05) is 21.6 Å². The summed E-state index contributed by atoms with van der Waals surface area (Å²) < 4.78 is 11.5. The van der Waals surface area contributed by atoms with Crippen LogP contribution in [0.15, 0.2) is 0 Å². The quantitative estimate of drug-likeness (QED) is 0.557. The van der Waals surface area contributed by atoms with Gasteiger partial charge >= 0.3 is 0 Å². The third-order valence-electron chi connectivity index (χ3n) is 0.842. The first-order valence-corrected chi connectivity index (χ1v) is 7.14. The normalized spacial score (nSPS) is 10.4. The first-order chi connectivity index (χ1) is 6.41. The highest BCUT2D eigenvalue weighted by Gasteiger charge is 2.07. The summed E-state index contributed by atoms with van der Waals surface area (Å²) in [6.07, 6.45) is 0.213. The van der Waals surface area contributed by atoms with Crippen LogP contribution in [0, 0.1) is 0 Å². The summed E-state index contributed by atoms with van der Waals surface area (Å²) in [6, 6.07) is 0. The molecule has 0 amide bonds. The molecule has 0 N–H and O–H groups in total. The van der Waals surface area contributed by atoms with Crippen LogP contribution in [-0.4, -0.2) is 21.0 Å². The van der Waals surface area contributed by atoms with Gasteiger partial charge in [0.25, 0.3) is 0 Å². The Labute approximate surface area is 104 Å². The molecule has 82 valence electrons. The number of thiocarbonyl (C=S) groups is 2. The molecule has 0 aliphatic rings. The lowest BCUT2D eigenvalue weighted by molar-refractivity contribution is 0.242. The minimum atomic E-state index is 0.107. The van der Waals surface area contributed by atoms with Crippen molar-refractivity contribution in [3.63, 3.8) is 0 Å². The van der Waals surface area contributed by atoms with Crippen LogP contribution in [0.5, 0.6) is 0 Å². The Kier molecular flexibility index (Phi) is 8.00. The lowest BCUT2D eigenvalue weighted by Gasteiger charge is -2.11. The molecule has 0 rings (SSSR count). The van der Waals surface area contributed by atoms with Crippen molar-refractivity contribution < 1.29 is 9.47 Å². The average Bonchev–Trinajstić information content (AvgIpc) is 1.98. The molecular formula is C8H14O2S4. The van der Waals surface area contributed by atoms with Gasteiger partial charge in [-0.3, -0.25) is 0 Å². The molecule has 0 radical (unpaired) electrons. The van der Waals surface area contributed by atoms with Gasteiger partial charge in [0.05, 0.1) is 12.2 Å². The molecule has 0 spiro atoms. The lowest BCUT2D eigenvalue weighted by Crippen LogP contribution is -2.07. The average molecular weight is 270 g/mol. The van der Waals surface area contributed by atoms with Gasteiger partial charge in [-0.25, -0.2) is 0 Å². The zero-order chi connectivity index (χ0) is 11.1. The third kappa shape index (κ3) is 9.05. The van der Waals surface area contributed by atoms with E-state index in [4.69, 9.17) is 33.9 Å². The summed E-state index contributed by atoms with van der Waals surface area (Å²) in [6.45, 7) is 7.72. The van der Waals surface area contributed by atoms with Crippen LogP contribution in [-0.2, 0) is 9.47 Å². The second-order valence-corrected chi connectivity index (χ2v) is 6.33. The number of rotatable bonds is 2. The van der Waals surface area contributed by atoms with Crippen molar-refractivity contribution in [2.75, 3.05) is 0 Å². The predicted octanol–water partition coefficient (Wildman–Crippen LogP) is 3.79. The summed E-state index contributed by atoms with van der Waals surface area (Å²) in [7, 11) is 2.63. The highest BCUT2D eigenvalue weighted by molar-refractivity contribution is 8.89. The van der Waals surface area contributed by atoms with Gasteiger partial charge in [0.2, 0.25) is 8.77 Å². The second kappa shape index (κ2) is 7.73. The Morgan fingerprint density at radius 3 is 1.36 bits per heavy atom. The first-order valence-electron chi connectivity index (χ1n) is 4.17. The highest BCUT2D eigenvalue weighted by Crippen LogP contribution is 2.27. The minimum absolute atomic E-state index is 0.107. The number of hydrogen-bond acceptors (Lipinski definition) is 6. The lowest BCUT2D eigenvalue weighted by atomic mass is 10.5. The van der Waals surface area contributed by atoms with Gasteiger partial charge in [-0.05, 0) is 52.1 Å². The molecule has 14 heavy (non-hydrogen) atoms. The molecule has 0 heterocycles. The zero-order valence-corrected chi connectivity index (χ0v) is 11.9. The van der Waals surface area contributed by atoms with E-state index in [1.54, 1.807) is 0 Å². The van der Waals surface area contributed by atoms with Crippen molar-refractivity contribution in [3.8, 4) is 0 Å². The SMILES string of the molecule is CC(C)OC(=S)SSC(=S)OC(C)C. The van der Waals surface area contributed by atoms with Crippen molar-refractivity contribution in [2.45, 2.75) is 39.9 Å². The number of ether oxygens (including phenoxy) is 2. The van der Waals surface area contributed by atoms with Crippen molar-refractivity contribution in [1.29, 1.82) is 0 Å². The third-order valence-corrected chi connectivity index (χ3v) is 3.87. The van der Waals surface area contributed by atoms with E-state index in [1.165, 1.54) is 21.6 Å². The molecule has 0 fully saturated rings.